The van der Waals surface area contributed by atoms with E-state index >= 15 is 0 Å². The molecule has 0 saturated carbocycles. The lowest BCUT2D eigenvalue weighted by Gasteiger charge is -2.31. The zero-order valence-electron chi connectivity index (χ0n) is 11.1. The van der Waals surface area contributed by atoms with Gasteiger partial charge in [0.05, 0.1) is 0 Å². The van der Waals surface area contributed by atoms with E-state index in [-0.39, 0.29) is 11.2 Å². The van der Waals surface area contributed by atoms with Gasteiger partial charge in [-0.3, -0.25) is 0 Å². The van der Waals surface area contributed by atoms with Crippen LogP contribution in [0.25, 0.3) is 0 Å². The first kappa shape index (κ1) is 14.9. The third-order valence-electron chi connectivity index (χ3n) is 1.58. The molecule has 0 saturated heterocycles. The number of rotatable bonds is 5. The summed E-state index contributed by atoms with van der Waals surface area (Å²) >= 11 is 0. The zero-order valence-corrected chi connectivity index (χ0v) is 12.2. The van der Waals surface area contributed by atoms with E-state index in [0.717, 1.165) is 12.5 Å². The standard InChI is InChI=1S/C12H26O2Si/c1-8-9-10-15(13-11(2,3)4)14-12(5,6)7/h8,15H,1,9-10H2,2-7H3. The van der Waals surface area contributed by atoms with Crippen LogP contribution in [0.15, 0.2) is 12.7 Å². The van der Waals surface area contributed by atoms with Crippen molar-refractivity contribution in [2.24, 2.45) is 0 Å². The van der Waals surface area contributed by atoms with Gasteiger partial charge in [0, 0.05) is 11.2 Å². The molecular weight excluding hydrogens is 204 g/mol. The normalized spacial score (nSPS) is 13.3. The van der Waals surface area contributed by atoms with Crippen LogP contribution in [0.5, 0.6) is 0 Å². The fraction of sp³-hybridized carbons (Fsp3) is 0.833. The summed E-state index contributed by atoms with van der Waals surface area (Å²) in [5.41, 5.74) is -0.216. The van der Waals surface area contributed by atoms with Gasteiger partial charge in [-0.05, 0) is 54.0 Å². The largest absolute Gasteiger partial charge is 0.392 e. The maximum atomic E-state index is 5.98. The van der Waals surface area contributed by atoms with Crippen LogP contribution < -0.4 is 0 Å². The summed E-state index contributed by atoms with van der Waals surface area (Å²) in [6.45, 7) is 16.2. The van der Waals surface area contributed by atoms with Gasteiger partial charge in [0.1, 0.15) is 0 Å². The van der Waals surface area contributed by atoms with Gasteiger partial charge in [-0.2, -0.15) is 0 Å². The molecule has 0 N–H and O–H groups in total. The second-order valence-corrected chi connectivity index (χ2v) is 7.66. The molecule has 0 atom stereocenters. The van der Waals surface area contributed by atoms with Gasteiger partial charge < -0.3 is 8.85 Å². The molecule has 0 radical (unpaired) electrons. The summed E-state index contributed by atoms with van der Waals surface area (Å²) in [5.74, 6) is 0. The van der Waals surface area contributed by atoms with E-state index in [2.05, 4.69) is 48.1 Å². The highest BCUT2D eigenvalue weighted by Gasteiger charge is 2.25. The minimum atomic E-state index is -1.57. The summed E-state index contributed by atoms with van der Waals surface area (Å²) in [6.07, 6.45) is 2.90. The third kappa shape index (κ3) is 10.2. The Morgan fingerprint density at radius 1 is 1.00 bits per heavy atom. The molecule has 3 heteroatoms. The Hall–Kier alpha value is -0.123. The Morgan fingerprint density at radius 2 is 1.40 bits per heavy atom. The highest BCUT2D eigenvalue weighted by Crippen LogP contribution is 2.18. The number of hydrogen-bond donors (Lipinski definition) is 0. The molecule has 0 spiro atoms. The summed E-state index contributed by atoms with van der Waals surface area (Å²) in [4.78, 5) is 0. The molecule has 0 bridgehead atoms. The Labute approximate surface area is 96.5 Å². The molecule has 0 aromatic heterocycles. The van der Waals surface area contributed by atoms with Gasteiger partial charge in [0.25, 0.3) is 0 Å². The third-order valence-corrected chi connectivity index (χ3v) is 4.32. The first-order valence-corrected chi connectivity index (χ1v) is 7.36. The van der Waals surface area contributed by atoms with Crippen LogP contribution in [0, 0.1) is 0 Å². The van der Waals surface area contributed by atoms with Crippen molar-refractivity contribution in [3.8, 4) is 0 Å². The van der Waals surface area contributed by atoms with Gasteiger partial charge in [0.2, 0.25) is 0 Å². The van der Waals surface area contributed by atoms with E-state index in [0.29, 0.717) is 0 Å². The average Bonchev–Trinajstić information content (AvgIpc) is 1.94. The first-order valence-electron chi connectivity index (χ1n) is 5.60. The fourth-order valence-electron chi connectivity index (χ4n) is 1.18. The lowest BCUT2D eigenvalue weighted by molar-refractivity contribution is 0.0339. The highest BCUT2D eigenvalue weighted by atomic mass is 28.3. The van der Waals surface area contributed by atoms with Crippen LogP contribution in [-0.2, 0) is 8.85 Å². The first-order chi connectivity index (χ1) is 6.64. The Balaban J connectivity index is 4.25. The molecule has 0 aliphatic heterocycles. The van der Waals surface area contributed by atoms with Gasteiger partial charge >= 0.3 is 9.28 Å². The predicted molar refractivity (Wildman–Crippen MR) is 68.4 cm³/mol. The second kappa shape index (κ2) is 5.82. The molecule has 0 amide bonds. The minimum Gasteiger partial charge on any atom is -0.392 e. The summed E-state index contributed by atoms with van der Waals surface area (Å²) < 4.78 is 12.0. The smallest absolute Gasteiger partial charge is 0.322 e. The van der Waals surface area contributed by atoms with E-state index in [9.17, 15) is 0 Å². The maximum Gasteiger partial charge on any atom is 0.322 e. The van der Waals surface area contributed by atoms with Gasteiger partial charge in [-0.25, -0.2) is 0 Å². The van der Waals surface area contributed by atoms with Crippen molar-refractivity contribution in [3.05, 3.63) is 12.7 Å². The van der Waals surface area contributed by atoms with Crippen molar-refractivity contribution >= 4 is 9.28 Å². The minimum absolute atomic E-state index is 0.108. The van der Waals surface area contributed by atoms with E-state index in [1.54, 1.807) is 0 Å². The molecule has 0 fully saturated rings. The lowest BCUT2D eigenvalue weighted by atomic mass is 10.2. The molecule has 0 unspecified atom stereocenters. The maximum absolute atomic E-state index is 5.98. The molecule has 90 valence electrons. The van der Waals surface area contributed by atoms with Crippen LogP contribution >= 0.6 is 0 Å². The Morgan fingerprint density at radius 3 is 1.67 bits per heavy atom. The van der Waals surface area contributed by atoms with E-state index in [1.165, 1.54) is 0 Å². The quantitative estimate of drug-likeness (QED) is 0.532. The SMILES string of the molecule is C=CCC[SiH](OC(C)(C)C)OC(C)(C)C. The Kier molecular flexibility index (Phi) is 5.78. The second-order valence-electron chi connectivity index (χ2n) is 5.76. The van der Waals surface area contributed by atoms with E-state index < -0.39 is 9.28 Å². The molecule has 0 aromatic rings. The van der Waals surface area contributed by atoms with Crippen molar-refractivity contribution in [2.75, 3.05) is 0 Å². The zero-order chi connectivity index (χ0) is 12.1. The monoisotopic (exact) mass is 230 g/mol. The Bertz CT molecular complexity index is 173. The summed E-state index contributed by atoms with van der Waals surface area (Å²) in [7, 11) is -1.57. The summed E-state index contributed by atoms with van der Waals surface area (Å²) in [6, 6.07) is 0.998. The predicted octanol–water partition coefficient (Wildman–Crippen LogP) is 3.41. The molecule has 0 aromatic carbocycles. The van der Waals surface area contributed by atoms with Crippen LogP contribution in [0.4, 0.5) is 0 Å². The molecule has 0 rings (SSSR count). The summed E-state index contributed by atoms with van der Waals surface area (Å²) in [5, 5.41) is 0. The number of hydrogen-bond acceptors (Lipinski definition) is 2. The van der Waals surface area contributed by atoms with E-state index in [1.807, 2.05) is 6.08 Å². The molecule has 15 heavy (non-hydrogen) atoms. The van der Waals surface area contributed by atoms with Crippen LogP contribution in [0.3, 0.4) is 0 Å². The highest BCUT2D eigenvalue weighted by molar-refractivity contribution is 6.44. The molecular formula is C12H26O2Si. The number of allylic oxidation sites excluding steroid dienone is 1. The van der Waals surface area contributed by atoms with Crippen molar-refractivity contribution in [1.82, 2.24) is 0 Å². The average molecular weight is 230 g/mol. The van der Waals surface area contributed by atoms with Crippen molar-refractivity contribution in [1.29, 1.82) is 0 Å². The van der Waals surface area contributed by atoms with Crippen molar-refractivity contribution < 1.29 is 8.85 Å². The molecule has 0 aliphatic rings. The van der Waals surface area contributed by atoms with Gasteiger partial charge in [-0.15, -0.1) is 6.58 Å². The fourth-order valence-corrected chi connectivity index (χ4v) is 3.55. The van der Waals surface area contributed by atoms with Crippen molar-refractivity contribution in [2.45, 2.75) is 65.2 Å². The van der Waals surface area contributed by atoms with Gasteiger partial charge in [-0.1, -0.05) is 6.08 Å². The molecule has 0 heterocycles. The topological polar surface area (TPSA) is 18.5 Å². The van der Waals surface area contributed by atoms with Gasteiger partial charge in [0.15, 0.2) is 0 Å². The molecule has 0 aliphatic carbocycles. The lowest BCUT2D eigenvalue weighted by Crippen LogP contribution is -2.38. The molecule has 2 nitrogen and oxygen atoms in total. The van der Waals surface area contributed by atoms with Crippen molar-refractivity contribution in [3.63, 3.8) is 0 Å². The van der Waals surface area contributed by atoms with E-state index in [4.69, 9.17) is 8.85 Å². The van der Waals surface area contributed by atoms with Crippen LogP contribution in [0.1, 0.15) is 48.0 Å². The van der Waals surface area contributed by atoms with Crippen LogP contribution in [0.2, 0.25) is 6.04 Å². The van der Waals surface area contributed by atoms with Crippen LogP contribution in [-0.4, -0.2) is 20.5 Å².